The van der Waals surface area contributed by atoms with Gasteiger partial charge in [0.1, 0.15) is 23.6 Å². The summed E-state index contributed by atoms with van der Waals surface area (Å²) in [4.78, 5) is 23.6. The van der Waals surface area contributed by atoms with Gasteiger partial charge in [-0.3, -0.25) is 4.90 Å². The number of carbonyl (C=O) groups is 1. The summed E-state index contributed by atoms with van der Waals surface area (Å²) in [7, 11) is 0. The number of esters is 1. The van der Waals surface area contributed by atoms with Gasteiger partial charge < -0.3 is 24.3 Å². The third kappa shape index (κ3) is 7.02. The number of benzene rings is 2. The number of anilines is 2. The number of hydrogen-bond acceptors (Lipinski definition) is 9. The molecule has 0 aliphatic carbocycles. The molecule has 3 heterocycles. The lowest BCUT2D eigenvalue weighted by Gasteiger charge is -2.26. The van der Waals surface area contributed by atoms with Crippen LogP contribution in [-0.4, -0.2) is 73.0 Å². The lowest BCUT2D eigenvalue weighted by molar-refractivity contribution is 0.0193. The van der Waals surface area contributed by atoms with Crippen LogP contribution in [0.5, 0.6) is 11.5 Å². The average Bonchev–Trinajstić information content (AvgIpc) is 2.95. The molecule has 0 saturated carbocycles. The number of rotatable bonds is 4. The van der Waals surface area contributed by atoms with Crippen molar-refractivity contribution in [3.8, 4) is 22.8 Å². The van der Waals surface area contributed by atoms with Crippen LogP contribution in [0, 0.1) is 11.6 Å². The highest BCUT2D eigenvalue weighted by molar-refractivity contribution is 5.93. The van der Waals surface area contributed by atoms with Crippen molar-refractivity contribution >= 4 is 17.6 Å². The second kappa shape index (κ2) is 13.0. The Hall–Kier alpha value is -3.83. The minimum atomic E-state index is -0.658. The van der Waals surface area contributed by atoms with Gasteiger partial charge >= 0.3 is 5.97 Å². The molecule has 1 atom stereocenters. The van der Waals surface area contributed by atoms with Gasteiger partial charge in [-0.25, -0.2) is 23.5 Å². The second-order valence-electron chi connectivity index (χ2n) is 9.73. The third-order valence-electron chi connectivity index (χ3n) is 6.74. The van der Waals surface area contributed by atoms with Crippen LogP contribution in [0.2, 0.25) is 0 Å². The van der Waals surface area contributed by atoms with Crippen LogP contribution in [0.3, 0.4) is 0 Å². The molecule has 2 aromatic carbocycles. The van der Waals surface area contributed by atoms with Crippen molar-refractivity contribution in [3.05, 3.63) is 59.8 Å². The Bertz CT molecular complexity index is 1340. The molecule has 0 amide bonds. The average molecular weight is 555 g/mol. The van der Waals surface area contributed by atoms with E-state index in [0.717, 1.165) is 25.7 Å². The number of ether oxygens (including phenoxy) is 4. The van der Waals surface area contributed by atoms with Crippen LogP contribution >= 0.6 is 0 Å². The van der Waals surface area contributed by atoms with Crippen molar-refractivity contribution in [2.45, 2.75) is 32.3 Å². The second-order valence-corrected chi connectivity index (χ2v) is 9.73. The first-order valence-electron chi connectivity index (χ1n) is 13.5. The molecule has 0 radical (unpaired) electrons. The maximum atomic E-state index is 14.7. The molecule has 1 fully saturated rings. The summed E-state index contributed by atoms with van der Waals surface area (Å²) < 4.78 is 51.8. The van der Waals surface area contributed by atoms with E-state index in [4.69, 9.17) is 18.9 Å². The molecule has 40 heavy (non-hydrogen) atoms. The number of carbonyl (C=O) groups excluding carboxylic acids is 1. The van der Waals surface area contributed by atoms with E-state index in [-0.39, 0.29) is 36.7 Å². The summed E-state index contributed by atoms with van der Waals surface area (Å²) >= 11 is 0. The topological polar surface area (TPSA) is 95.0 Å². The molecule has 5 rings (SSSR count). The molecule has 1 N–H and O–H groups in total. The minimum Gasteiger partial charge on any atom is -0.490 e. The number of nitrogens with one attached hydrogen (secondary N) is 1. The highest BCUT2D eigenvalue weighted by Crippen LogP contribution is 2.31. The predicted molar refractivity (Wildman–Crippen MR) is 144 cm³/mol. The van der Waals surface area contributed by atoms with Gasteiger partial charge in [-0.05, 0) is 56.5 Å². The summed E-state index contributed by atoms with van der Waals surface area (Å²) in [5.74, 6) is -1.18. The first-order chi connectivity index (χ1) is 19.5. The van der Waals surface area contributed by atoms with Gasteiger partial charge in [-0.1, -0.05) is 0 Å². The smallest absolute Gasteiger partial charge is 0.341 e. The van der Waals surface area contributed by atoms with Gasteiger partial charge in [0.2, 0.25) is 5.95 Å². The molecular weight excluding hydrogens is 522 g/mol. The van der Waals surface area contributed by atoms with Gasteiger partial charge in [0.15, 0.2) is 17.4 Å². The predicted octanol–water partition coefficient (Wildman–Crippen LogP) is 4.98. The molecule has 0 spiro atoms. The number of morpholine rings is 1. The van der Waals surface area contributed by atoms with Crippen molar-refractivity contribution in [3.63, 3.8) is 0 Å². The van der Waals surface area contributed by atoms with Gasteiger partial charge in [-0.2, -0.15) is 0 Å². The van der Waals surface area contributed by atoms with Crippen molar-refractivity contribution in [2.75, 3.05) is 51.4 Å². The molecule has 9 nitrogen and oxygen atoms in total. The van der Waals surface area contributed by atoms with Crippen LogP contribution in [0.1, 0.15) is 36.5 Å². The molecular formula is C29H32F2N4O5. The molecule has 3 aromatic rings. The van der Waals surface area contributed by atoms with E-state index in [1.165, 1.54) is 18.2 Å². The highest BCUT2D eigenvalue weighted by atomic mass is 19.1. The van der Waals surface area contributed by atoms with Crippen molar-refractivity contribution in [1.82, 2.24) is 14.9 Å². The zero-order valence-corrected chi connectivity index (χ0v) is 22.3. The molecule has 2 aliphatic rings. The normalized spacial score (nSPS) is 18.0. The fraction of sp³-hybridized carbons (Fsp3) is 0.414. The Balaban J connectivity index is 1.40. The third-order valence-corrected chi connectivity index (χ3v) is 6.74. The first-order valence-corrected chi connectivity index (χ1v) is 13.5. The van der Waals surface area contributed by atoms with Gasteiger partial charge in [0.25, 0.3) is 0 Å². The maximum Gasteiger partial charge on any atom is 0.341 e. The number of aromatic nitrogens is 2. The van der Waals surface area contributed by atoms with Gasteiger partial charge in [0, 0.05) is 37.0 Å². The largest absolute Gasteiger partial charge is 0.490 e. The lowest BCUT2D eigenvalue weighted by Crippen LogP contribution is -2.38. The van der Waals surface area contributed by atoms with Crippen LogP contribution in [0.4, 0.5) is 20.4 Å². The number of halogens is 2. The van der Waals surface area contributed by atoms with Crippen LogP contribution in [0.25, 0.3) is 11.3 Å². The molecule has 11 heteroatoms. The quantitative estimate of drug-likeness (QED) is 0.448. The summed E-state index contributed by atoms with van der Waals surface area (Å²) in [5, 5.41) is 3.05. The SMILES string of the molecule is CC1CCCCOc2cc(ccc2F)-c2nc(ncc2F)Nc2ccc(C(=O)OCCN3CCOCC3)c(c2)O1. The van der Waals surface area contributed by atoms with Crippen molar-refractivity contribution in [2.24, 2.45) is 0 Å². The Morgan fingerprint density at radius 1 is 1.07 bits per heavy atom. The molecule has 2 aliphatic heterocycles. The van der Waals surface area contributed by atoms with Gasteiger partial charge in [0.05, 0.1) is 32.1 Å². The minimum absolute atomic E-state index is 0.00257. The molecule has 1 saturated heterocycles. The Labute approximate surface area is 231 Å². The van der Waals surface area contributed by atoms with E-state index >= 15 is 0 Å². The fourth-order valence-corrected chi connectivity index (χ4v) is 4.55. The summed E-state index contributed by atoms with van der Waals surface area (Å²) in [5.41, 5.74) is 1.19. The number of hydrogen-bond donors (Lipinski definition) is 1. The van der Waals surface area contributed by atoms with Crippen LogP contribution in [0.15, 0.2) is 42.6 Å². The monoisotopic (exact) mass is 554 g/mol. The van der Waals surface area contributed by atoms with E-state index in [1.54, 1.807) is 18.2 Å². The van der Waals surface area contributed by atoms with E-state index in [1.807, 2.05) is 6.92 Å². The Kier molecular flexibility index (Phi) is 9.02. The van der Waals surface area contributed by atoms with Crippen molar-refractivity contribution in [1.29, 1.82) is 0 Å². The summed E-state index contributed by atoms with van der Waals surface area (Å²) in [6, 6.07) is 9.10. The van der Waals surface area contributed by atoms with Gasteiger partial charge in [-0.15, -0.1) is 0 Å². The lowest BCUT2D eigenvalue weighted by atomic mass is 10.1. The maximum absolute atomic E-state index is 14.7. The Morgan fingerprint density at radius 2 is 1.93 bits per heavy atom. The highest BCUT2D eigenvalue weighted by Gasteiger charge is 2.20. The van der Waals surface area contributed by atoms with Crippen LogP contribution in [-0.2, 0) is 9.47 Å². The summed E-state index contributed by atoms with van der Waals surface area (Å²) in [6.45, 7) is 6.04. The van der Waals surface area contributed by atoms with E-state index in [0.29, 0.717) is 55.2 Å². The standard InChI is InChI=1S/C29H32F2N4O5/c1-19-4-2-3-12-38-26-16-20(5-8-23(26)30)27-24(31)18-32-29(34-27)33-21-6-7-22(25(17-21)40-19)28(36)39-15-11-35-9-13-37-14-10-35/h5-8,16-19H,2-4,9-15H2,1H3,(H,32,33,34). The number of nitrogens with zero attached hydrogens (tertiary/aromatic N) is 3. The zero-order valence-electron chi connectivity index (χ0n) is 22.3. The zero-order chi connectivity index (χ0) is 27.9. The number of fused-ring (bicyclic) bond motifs is 7. The van der Waals surface area contributed by atoms with Crippen molar-refractivity contribution < 1.29 is 32.5 Å². The van der Waals surface area contributed by atoms with Crippen LogP contribution < -0.4 is 14.8 Å². The van der Waals surface area contributed by atoms with E-state index < -0.39 is 17.6 Å². The summed E-state index contributed by atoms with van der Waals surface area (Å²) in [6.07, 6.45) is 2.91. The molecule has 6 bridgehead atoms. The fourth-order valence-electron chi connectivity index (χ4n) is 4.55. The molecule has 212 valence electrons. The van der Waals surface area contributed by atoms with E-state index in [9.17, 15) is 13.6 Å². The molecule has 1 aromatic heterocycles. The first kappa shape index (κ1) is 27.7. The molecule has 1 unspecified atom stereocenters. The Morgan fingerprint density at radius 3 is 2.77 bits per heavy atom. The van der Waals surface area contributed by atoms with E-state index in [2.05, 4.69) is 20.2 Å².